The second-order valence-electron chi connectivity index (χ2n) is 8.92. The van der Waals surface area contributed by atoms with Crippen LogP contribution in [-0.2, 0) is 4.74 Å². The molecule has 0 fully saturated rings. The SMILES string of the molecule is CC1(C)COC(c2cccc(-c3cccc4c5ccccc5c5ccccc5c34)c2)=N1. The fraction of sp³-hybridized carbons (Fsp3) is 0.138. The van der Waals surface area contributed by atoms with E-state index in [1.165, 1.54) is 43.4 Å². The van der Waals surface area contributed by atoms with Crippen LogP contribution in [0.15, 0.2) is 96.0 Å². The molecule has 5 aromatic carbocycles. The molecule has 0 aliphatic carbocycles. The topological polar surface area (TPSA) is 21.6 Å². The van der Waals surface area contributed by atoms with Crippen molar-refractivity contribution < 1.29 is 4.74 Å². The van der Waals surface area contributed by atoms with Gasteiger partial charge in [0.05, 0.1) is 5.54 Å². The summed E-state index contributed by atoms with van der Waals surface area (Å²) in [6.45, 7) is 4.83. The van der Waals surface area contributed by atoms with Crippen LogP contribution in [0.4, 0.5) is 0 Å². The Morgan fingerprint density at radius 3 is 1.84 bits per heavy atom. The first-order valence-electron chi connectivity index (χ1n) is 10.8. The van der Waals surface area contributed by atoms with E-state index in [2.05, 4.69) is 105 Å². The van der Waals surface area contributed by atoms with Gasteiger partial charge in [-0.05, 0) is 69.4 Å². The van der Waals surface area contributed by atoms with Gasteiger partial charge in [0, 0.05) is 5.56 Å². The van der Waals surface area contributed by atoms with Gasteiger partial charge in [0.1, 0.15) is 6.61 Å². The van der Waals surface area contributed by atoms with Gasteiger partial charge >= 0.3 is 0 Å². The van der Waals surface area contributed by atoms with E-state index in [0.717, 1.165) is 11.5 Å². The Morgan fingerprint density at radius 1 is 0.645 bits per heavy atom. The summed E-state index contributed by atoms with van der Waals surface area (Å²) in [5.74, 6) is 0.738. The smallest absolute Gasteiger partial charge is 0.216 e. The van der Waals surface area contributed by atoms with Crippen molar-refractivity contribution >= 4 is 38.2 Å². The van der Waals surface area contributed by atoms with Gasteiger partial charge in [0.2, 0.25) is 5.90 Å². The largest absolute Gasteiger partial charge is 0.475 e. The lowest BCUT2D eigenvalue weighted by Crippen LogP contribution is -2.17. The third-order valence-electron chi connectivity index (χ3n) is 6.16. The van der Waals surface area contributed by atoms with Gasteiger partial charge in [-0.15, -0.1) is 0 Å². The van der Waals surface area contributed by atoms with Gasteiger partial charge in [-0.25, -0.2) is 4.99 Å². The molecule has 2 nitrogen and oxygen atoms in total. The number of aliphatic imine (C=N–C) groups is 1. The van der Waals surface area contributed by atoms with E-state index in [9.17, 15) is 0 Å². The van der Waals surface area contributed by atoms with Crippen LogP contribution in [0.25, 0.3) is 43.4 Å². The number of rotatable bonds is 2. The number of ether oxygens (including phenoxy) is 1. The normalized spacial score (nSPS) is 15.4. The van der Waals surface area contributed by atoms with Gasteiger partial charge < -0.3 is 4.74 Å². The molecular formula is C29H23NO. The van der Waals surface area contributed by atoms with E-state index in [4.69, 9.17) is 9.73 Å². The van der Waals surface area contributed by atoms with Crippen LogP contribution in [0.5, 0.6) is 0 Å². The predicted molar refractivity (Wildman–Crippen MR) is 131 cm³/mol. The van der Waals surface area contributed by atoms with Crippen LogP contribution in [0.1, 0.15) is 19.4 Å². The Morgan fingerprint density at radius 2 is 1.19 bits per heavy atom. The van der Waals surface area contributed by atoms with Crippen LogP contribution >= 0.6 is 0 Å². The highest BCUT2D eigenvalue weighted by atomic mass is 16.5. The molecule has 0 bridgehead atoms. The monoisotopic (exact) mass is 401 g/mol. The maximum atomic E-state index is 5.91. The summed E-state index contributed by atoms with van der Waals surface area (Å²) in [5.41, 5.74) is 3.28. The Kier molecular flexibility index (Phi) is 3.91. The van der Waals surface area contributed by atoms with Crippen molar-refractivity contribution in [2.24, 2.45) is 4.99 Å². The Labute approximate surface area is 181 Å². The zero-order chi connectivity index (χ0) is 21.0. The van der Waals surface area contributed by atoms with Gasteiger partial charge in [-0.2, -0.15) is 0 Å². The van der Waals surface area contributed by atoms with Crippen molar-refractivity contribution in [3.63, 3.8) is 0 Å². The summed E-state index contributed by atoms with van der Waals surface area (Å²) < 4.78 is 5.91. The molecule has 6 rings (SSSR count). The van der Waals surface area contributed by atoms with Gasteiger partial charge in [-0.3, -0.25) is 0 Å². The van der Waals surface area contributed by atoms with E-state index in [-0.39, 0.29) is 5.54 Å². The van der Waals surface area contributed by atoms with Crippen molar-refractivity contribution in [1.82, 2.24) is 0 Å². The molecule has 0 unspecified atom stereocenters. The average molecular weight is 402 g/mol. The summed E-state index contributed by atoms with van der Waals surface area (Å²) in [5, 5.41) is 7.75. The van der Waals surface area contributed by atoms with E-state index < -0.39 is 0 Å². The number of nitrogens with zero attached hydrogens (tertiary/aromatic N) is 1. The molecule has 150 valence electrons. The molecule has 2 heteroatoms. The quantitative estimate of drug-likeness (QED) is 0.283. The van der Waals surface area contributed by atoms with Gasteiger partial charge in [0.25, 0.3) is 0 Å². The van der Waals surface area contributed by atoms with E-state index in [0.29, 0.717) is 6.61 Å². The molecule has 0 atom stereocenters. The number of hydrogen-bond acceptors (Lipinski definition) is 2. The molecule has 0 amide bonds. The zero-order valence-corrected chi connectivity index (χ0v) is 17.7. The third kappa shape index (κ3) is 2.90. The van der Waals surface area contributed by atoms with E-state index in [1.54, 1.807) is 0 Å². The fourth-order valence-corrected chi connectivity index (χ4v) is 4.75. The van der Waals surface area contributed by atoms with Gasteiger partial charge in [0.15, 0.2) is 0 Å². The summed E-state index contributed by atoms with van der Waals surface area (Å²) in [6, 6.07) is 32.6. The Bertz CT molecular complexity index is 1470. The van der Waals surface area contributed by atoms with E-state index in [1.807, 2.05) is 0 Å². The van der Waals surface area contributed by atoms with Crippen LogP contribution < -0.4 is 0 Å². The molecule has 0 radical (unpaired) electrons. The summed E-state index contributed by atoms with van der Waals surface area (Å²) in [7, 11) is 0. The first-order valence-corrected chi connectivity index (χ1v) is 10.8. The molecule has 1 aliphatic heterocycles. The summed E-state index contributed by atoms with van der Waals surface area (Å²) in [4.78, 5) is 4.77. The molecule has 1 heterocycles. The molecule has 1 aliphatic rings. The number of hydrogen-bond donors (Lipinski definition) is 0. The highest BCUT2D eigenvalue weighted by molar-refractivity contribution is 6.28. The molecule has 0 aromatic heterocycles. The Hall–Kier alpha value is -3.65. The highest BCUT2D eigenvalue weighted by Crippen LogP contribution is 2.40. The minimum Gasteiger partial charge on any atom is -0.475 e. The van der Waals surface area contributed by atoms with Crippen LogP contribution in [0.2, 0.25) is 0 Å². The van der Waals surface area contributed by atoms with Crippen LogP contribution in [0, 0.1) is 0 Å². The van der Waals surface area contributed by atoms with Crippen LogP contribution in [-0.4, -0.2) is 18.0 Å². The second-order valence-corrected chi connectivity index (χ2v) is 8.92. The molecule has 5 aromatic rings. The van der Waals surface area contributed by atoms with Crippen LogP contribution in [0.3, 0.4) is 0 Å². The summed E-state index contributed by atoms with van der Waals surface area (Å²) in [6.07, 6.45) is 0. The van der Waals surface area contributed by atoms with Crippen molar-refractivity contribution in [2.75, 3.05) is 6.61 Å². The number of fused-ring (bicyclic) bond motifs is 6. The molecular weight excluding hydrogens is 378 g/mol. The molecule has 0 spiro atoms. The third-order valence-corrected chi connectivity index (χ3v) is 6.16. The van der Waals surface area contributed by atoms with Crippen molar-refractivity contribution in [3.8, 4) is 11.1 Å². The van der Waals surface area contributed by atoms with Crippen molar-refractivity contribution in [1.29, 1.82) is 0 Å². The first-order chi connectivity index (χ1) is 15.1. The second kappa shape index (κ2) is 6.68. The standard InChI is InChI=1S/C29H23NO/c1-29(2)18-31-28(30-29)20-10-7-9-19(17-20)21-15-8-16-26-24-12-4-3-11-22(24)23-13-5-6-14-25(23)27(21)26/h3-17H,18H2,1-2H3. The molecule has 0 saturated carbocycles. The predicted octanol–water partition coefficient (Wildman–Crippen LogP) is 7.37. The molecule has 0 saturated heterocycles. The average Bonchev–Trinajstić information content (AvgIpc) is 3.18. The fourth-order valence-electron chi connectivity index (χ4n) is 4.75. The lowest BCUT2D eigenvalue weighted by atomic mass is 9.89. The zero-order valence-electron chi connectivity index (χ0n) is 17.7. The minimum atomic E-state index is -0.167. The number of benzene rings is 5. The minimum absolute atomic E-state index is 0.167. The van der Waals surface area contributed by atoms with Crippen molar-refractivity contribution in [3.05, 3.63) is 96.6 Å². The first kappa shape index (κ1) is 18.1. The Balaban J connectivity index is 1.66. The highest BCUT2D eigenvalue weighted by Gasteiger charge is 2.27. The summed E-state index contributed by atoms with van der Waals surface area (Å²) >= 11 is 0. The van der Waals surface area contributed by atoms with E-state index >= 15 is 0 Å². The lowest BCUT2D eigenvalue weighted by molar-refractivity contribution is 0.279. The lowest BCUT2D eigenvalue weighted by Gasteiger charge is -2.14. The molecule has 0 N–H and O–H groups in total. The maximum Gasteiger partial charge on any atom is 0.216 e. The van der Waals surface area contributed by atoms with Crippen molar-refractivity contribution in [2.45, 2.75) is 19.4 Å². The van der Waals surface area contributed by atoms with Gasteiger partial charge in [-0.1, -0.05) is 78.9 Å². The maximum absolute atomic E-state index is 5.91. The molecule has 31 heavy (non-hydrogen) atoms.